The molecule has 1 fully saturated rings. The third kappa shape index (κ3) is 3.44. The number of ether oxygens (including phenoxy) is 1. The molecule has 0 spiro atoms. The van der Waals surface area contributed by atoms with Gasteiger partial charge >= 0.3 is 0 Å². The van der Waals surface area contributed by atoms with Crippen molar-refractivity contribution >= 4 is 40.4 Å². The number of nitro groups is 1. The number of aryl methyl sites for hydroxylation is 1. The smallest absolute Gasteiger partial charge is 0.282 e. The van der Waals surface area contributed by atoms with Gasteiger partial charge in [0.05, 0.1) is 29.4 Å². The number of non-ortho nitro benzene ring substituents is 1. The van der Waals surface area contributed by atoms with Gasteiger partial charge in [-0.3, -0.25) is 19.7 Å². The molecule has 0 bridgehead atoms. The molecule has 0 aliphatic carbocycles. The molecular formula is C21H18ClN3O5. The van der Waals surface area contributed by atoms with Crippen LogP contribution in [-0.2, 0) is 14.3 Å². The molecule has 8 nitrogen and oxygen atoms in total. The van der Waals surface area contributed by atoms with Gasteiger partial charge in [0, 0.05) is 30.2 Å². The number of halogens is 1. The zero-order valence-electron chi connectivity index (χ0n) is 16.1. The van der Waals surface area contributed by atoms with Crippen molar-refractivity contribution in [3.05, 3.63) is 74.4 Å². The van der Waals surface area contributed by atoms with Crippen molar-refractivity contribution in [1.29, 1.82) is 0 Å². The largest absolute Gasteiger partial charge is 0.378 e. The van der Waals surface area contributed by atoms with E-state index in [0.29, 0.717) is 42.6 Å². The Hall–Kier alpha value is -3.23. The number of hydrogen-bond donors (Lipinski definition) is 0. The van der Waals surface area contributed by atoms with Crippen LogP contribution in [0.2, 0.25) is 5.02 Å². The first-order valence-corrected chi connectivity index (χ1v) is 9.73. The fourth-order valence-corrected chi connectivity index (χ4v) is 3.74. The first-order chi connectivity index (χ1) is 14.4. The van der Waals surface area contributed by atoms with Crippen molar-refractivity contribution in [2.24, 2.45) is 0 Å². The molecule has 2 aromatic carbocycles. The Morgan fingerprint density at radius 1 is 1.03 bits per heavy atom. The maximum atomic E-state index is 13.4. The van der Waals surface area contributed by atoms with E-state index in [0.717, 1.165) is 10.5 Å². The van der Waals surface area contributed by atoms with Gasteiger partial charge < -0.3 is 9.64 Å². The molecule has 0 unspecified atom stereocenters. The highest BCUT2D eigenvalue weighted by molar-refractivity contribution is 6.45. The molecule has 30 heavy (non-hydrogen) atoms. The van der Waals surface area contributed by atoms with Gasteiger partial charge in [-0.1, -0.05) is 17.7 Å². The summed E-state index contributed by atoms with van der Waals surface area (Å²) in [4.78, 5) is 40.2. The van der Waals surface area contributed by atoms with Gasteiger partial charge in [-0.25, -0.2) is 4.90 Å². The lowest BCUT2D eigenvalue weighted by Gasteiger charge is -2.29. The molecule has 0 aromatic heterocycles. The van der Waals surface area contributed by atoms with Crippen LogP contribution in [0.4, 0.5) is 11.4 Å². The van der Waals surface area contributed by atoms with E-state index in [9.17, 15) is 19.7 Å². The standard InChI is InChI=1S/C21H18ClN3O5/c1-13-2-5-16(12-17(13)22)24-20(26)18(14-3-6-15(7-4-14)25(28)29)19(21(24)27)23-8-10-30-11-9-23/h2-7,12H,8-11H2,1H3. The predicted octanol–water partition coefficient (Wildman–Crippen LogP) is 3.17. The molecule has 4 rings (SSSR count). The lowest BCUT2D eigenvalue weighted by molar-refractivity contribution is -0.384. The van der Waals surface area contributed by atoms with Crippen LogP contribution in [0.5, 0.6) is 0 Å². The van der Waals surface area contributed by atoms with E-state index in [-0.39, 0.29) is 17.0 Å². The van der Waals surface area contributed by atoms with E-state index in [4.69, 9.17) is 16.3 Å². The maximum absolute atomic E-state index is 13.4. The number of hydrogen-bond acceptors (Lipinski definition) is 6. The Morgan fingerprint density at radius 2 is 1.70 bits per heavy atom. The highest BCUT2D eigenvalue weighted by Gasteiger charge is 2.43. The number of imide groups is 1. The van der Waals surface area contributed by atoms with Gasteiger partial charge in [0.25, 0.3) is 17.5 Å². The second-order valence-corrected chi connectivity index (χ2v) is 7.41. The second-order valence-electron chi connectivity index (χ2n) is 7.01. The van der Waals surface area contributed by atoms with Crippen LogP contribution >= 0.6 is 11.6 Å². The summed E-state index contributed by atoms with van der Waals surface area (Å²) in [6.45, 7) is 3.64. The normalized spacial score (nSPS) is 17.1. The molecule has 2 amide bonds. The molecule has 0 saturated carbocycles. The minimum atomic E-state index is -0.511. The van der Waals surface area contributed by atoms with E-state index in [1.807, 2.05) is 11.8 Å². The molecule has 0 radical (unpaired) electrons. The fourth-order valence-electron chi connectivity index (χ4n) is 3.56. The van der Waals surface area contributed by atoms with E-state index in [1.165, 1.54) is 24.3 Å². The first-order valence-electron chi connectivity index (χ1n) is 9.35. The molecule has 2 aliphatic rings. The number of carbonyl (C=O) groups is 2. The van der Waals surface area contributed by atoms with E-state index >= 15 is 0 Å². The van der Waals surface area contributed by atoms with Crippen molar-refractivity contribution in [3.8, 4) is 0 Å². The number of amides is 2. The predicted molar refractivity (Wildman–Crippen MR) is 111 cm³/mol. The average molecular weight is 428 g/mol. The Balaban J connectivity index is 1.81. The molecular weight excluding hydrogens is 410 g/mol. The molecule has 2 aromatic rings. The first kappa shape index (κ1) is 20.1. The number of nitro benzene ring substituents is 1. The average Bonchev–Trinajstić information content (AvgIpc) is 3.01. The summed E-state index contributed by atoms with van der Waals surface area (Å²) in [7, 11) is 0. The molecule has 2 aliphatic heterocycles. The van der Waals surface area contributed by atoms with Gasteiger partial charge in [0.2, 0.25) is 0 Å². The van der Waals surface area contributed by atoms with Gasteiger partial charge in [-0.2, -0.15) is 0 Å². The molecule has 9 heteroatoms. The van der Waals surface area contributed by atoms with E-state index in [2.05, 4.69) is 0 Å². The summed E-state index contributed by atoms with van der Waals surface area (Å²) < 4.78 is 5.38. The van der Waals surface area contributed by atoms with E-state index in [1.54, 1.807) is 18.2 Å². The number of nitrogens with zero attached hydrogens (tertiary/aromatic N) is 3. The summed E-state index contributed by atoms with van der Waals surface area (Å²) in [5, 5.41) is 11.4. The monoisotopic (exact) mass is 427 g/mol. The summed E-state index contributed by atoms with van der Waals surface area (Å²) in [5.74, 6) is -0.939. The van der Waals surface area contributed by atoms with Crippen LogP contribution < -0.4 is 4.90 Å². The number of benzene rings is 2. The summed E-state index contributed by atoms with van der Waals surface area (Å²) in [6.07, 6.45) is 0. The summed E-state index contributed by atoms with van der Waals surface area (Å²) in [6, 6.07) is 10.6. The van der Waals surface area contributed by atoms with Crippen LogP contribution in [0, 0.1) is 17.0 Å². The lowest BCUT2D eigenvalue weighted by Crippen LogP contribution is -2.40. The van der Waals surface area contributed by atoms with Gasteiger partial charge in [-0.05, 0) is 42.3 Å². The quantitative estimate of drug-likeness (QED) is 0.422. The second kappa shape index (κ2) is 7.89. The van der Waals surface area contributed by atoms with Crippen LogP contribution in [-0.4, -0.2) is 47.9 Å². The zero-order valence-corrected chi connectivity index (χ0v) is 16.9. The summed E-state index contributed by atoms with van der Waals surface area (Å²) >= 11 is 6.22. The minimum Gasteiger partial charge on any atom is -0.378 e. The van der Waals surface area contributed by atoms with Crippen molar-refractivity contribution in [2.45, 2.75) is 6.92 Å². The molecule has 0 N–H and O–H groups in total. The van der Waals surface area contributed by atoms with Gasteiger partial charge in [-0.15, -0.1) is 0 Å². The highest BCUT2D eigenvalue weighted by Crippen LogP contribution is 2.36. The number of anilines is 1. The van der Waals surface area contributed by atoms with Crippen molar-refractivity contribution in [1.82, 2.24) is 4.90 Å². The molecule has 1 saturated heterocycles. The van der Waals surface area contributed by atoms with Crippen LogP contribution in [0.3, 0.4) is 0 Å². The van der Waals surface area contributed by atoms with Gasteiger partial charge in [0.1, 0.15) is 5.70 Å². The highest BCUT2D eigenvalue weighted by atomic mass is 35.5. The Morgan fingerprint density at radius 3 is 2.30 bits per heavy atom. The Kier molecular flexibility index (Phi) is 5.27. The van der Waals surface area contributed by atoms with Crippen molar-refractivity contribution in [2.75, 3.05) is 31.2 Å². The number of rotatable bonds is 4. The van der Waals surface area contributed by atoms with Crippen molar-refractivity contribution < 1.29 is 19.2 Å². The number of morpholine rings is 1. The maximum Gasteiger partial charge on any atom is 0.282 e. The molecule has 154 valence electrons. The van der Waals surface area contributed by atoms with Crippen molar-refractivity contribution in [3.63, 3.8) is 0 Å². The fraction of sp³-hybridized carbons (Fsp3) is 0.238. The van der Waals surface area contributed by atoms with Gasteiger partial charge in [0.15, 0.2) is 0 Å². The van der Waals surface area contributed by atoms with Crippen LogP contribution in [0.15, 0.2) is 48.2 Å². The number of carbonyl (C=O) groups excluding carboxylic acids is 2. The Labute approximate surface area is 177 Å². The lowest BCUT2D eigenvalue weighted by atomic mass is 10.0. The zero-order chi connectivity index (χ0) is 21.4. The third-order valence-corrected chi connectivity index (χ3v) is 5.57. The molecule has 2 heterocycles. The summed E-state index contributed by atoms with van der Waals surface area (Å²) in [5.41, 5.74) is 2.05. The van der Waals surface area contributed by atoms with Crippen LogP contribution in [0.25, 0.3) is 5.57 Å². The minimum absolute atomic E-state index is 0.0915. The van der Waals surface area contributed by atoms with E-state index < -0.39 is 16.7 Å². The topological polar surface area (TPSA) is 93.0 Å². The molecule has 0 atom stereocenters. The third-order valence-electron chi connectivity index (χ3n) is 5.17. The SMILES string of the molecule is Cc1ccc(N2C(=O)C(c3ccc([N+](=O)[O-])cc3)=C(N3CCOCC3)C2=O)cc1Cl. The Bertz CT molecular complexity index is 1070. The van der Waals surface area contributed by atoms with Crippen LogP contribution in [0.1, 0.15) is 11.1 Å².